The van der Waals surface area contributed by atoms with Crippen molar-refractivity contribution >= 4 is 88.8 Å². The van der Waals surface area contributed by atoms with E-state index in [-0.39, 0.29) is 0 Å². The van der Waals surface area contributed by atoms with Gasteiger partial charge in [-0.25, -0.2) is 0 Å². The first-order valence-corrected chi connectivity index (χ1v) is 36.1. The Morgan fingerprint density at radius 3 is 0.786 bits per heavy atom. The highest BCUT2D eigenvalue weighted by Gasteiger charge is 2.45. The van der Waals surface area contributed by atoms with Crippen LogP contribution in [0.25, 0.3) is 0 Å². The molecular formula is C78H68N6O10P4. The Bertz CT molecular complexity index is 4520. The molecule has 2 atom stereocenters. The van der Waals surface area contributed by atoms with Gasteiger partial charge in [-0.3, -0.25) is 0 Å². The summed E-state index contributed by atoms with van der Waals surface area (Å²) in [5, 5.41) is 6.65. The molecule has 2 heterocycles. The summed E-state index contributed by atoms with van der Waals surface area (Å²) < 4.78 is 69.6. The van der Waals surface area contributed by atoms with Gasteiger partial charge in [0, 0.05) is 73.8 Å². The van der Waals surface area contributed by atoms with E-state index < -0.39 is 44.3 Å². The molecule has 12 aromatic carbocycles. The molecule has 2 aliphatic heterocycles. The molecule has 2 unspecified atom stereocenters. The molecule has 0 spiro atoms. The lowest BCUT2D eigenvalue weighted by molar-refractivity contribution is 0.414. The van der Waals surface area contributed by atoms with Gasteiger partial charge < -0.3 is 79.6 Å². The maximum absolute atomic E-state index is 7.39. The molecule has 0 amide bonds. The molecule has 0 bridgehead atoms. The minimum atomic E-state index is -1.98. The zero-order valence-corrected chi connectivity index (χ0v) is 57.1. The summed E-state index contributed by atoms with van der Waals surface area (Å²) in [5.41, 5.74) is 36.9. The normalized spacial score (nSPS) is 13.5. The van der Waals surface area contributed by atoms with Crippen LogP contribution in [0, 0.1) is 0 Å². The van der Waals surface area contributed by atoms with E-state index >= 15 is 0 Å². The van der Waals surface area contributed by atoms with E-state index in [4.69, 9.17) is 74.3 Å². The van der Waals surface area contributed by atoms with Crippen LogP contribution < -0.4 is 101 Å². The van der Waals surface area contributed by atoms with Gasteiger partial charge in [0.05, 0.1) is 21.2 Å². The topological polar surface area (TPSA) is 234 Å². The van der Waals surface area contributed by atoms with Crippen molar-refractivity contribution in [2.75, 3.05) is 40.5 Å². The second-order valence-electron chi connectivity index (χ2n) is 23.9. The van der Waals surface area contributed by atoms with Crippen molar-refractivity contribution in [2.45, 2.75) is 31.6 Å². The van der Waals surface area contributed by atoms with Gasteiger partial charge >= 0.3 is 33.5 Å². The van der Waals surface area contributed by atoms with E-state index in [9.17, 15) is 0 Å². The van der Waals surface area contributed by atoms with E-state index in [0.717, 1.165) is 38.6 Å². The first-order chi connectivity index (χ1) is 47.7. The van der Waals surface area contributed by atoms with Gasteiger partial charge in [0.1, 0.15) is 69.0 Å². The molecule has 0 fully saturated rings. The van der Waals surface area contributed by atoms with Gasteiger partial charge in [-0.1, -0.05) is 98.8 Å². The third-order valence-corrected chi connectivity index (χ3v) is 22.6. The number of nitrogen functional groups attached to an aromatic ring is 5. The zero-order valence-electron chi connectivity index (χ0n) is 53.5. The number of ether oxygens (including phenoxy) is 2. The quantitative estimate of drug-likeness (QED) is 0.0258. The number of anilines is 6. The predicted octanol–water partition coefficient (Wildman–Crippen LogP) is 17.9. The van der Waals surface area contributed by atoms with E-state index in [1.807, 2.05) is 206 Å². The van der Waals surface area contributed by atoms with E-state index in [0.29, 0.717) is 115 Å². The number of hydrogen-bond acceptors (Lipinski definition) is 16. The SMILES string of the molecule is CC1(C)c2cccc(P(Oc3ccccc3)Oc3ccc(N)cc3)c2Oc2c(P(Oc3ccccc3)Oc3ccc(NCC4(C)c5cccc(P(Oc6ccc(N)cc6)Oc6ccc(N)cc6)c5Oc5c(P(Oc6ccc(N)cc6)Oc6ccc(N)cc6)cccc54)cc3)cccc21. The largest absolute Gasteiger partial charge is 0.455 e. The van der Waals surface area contributed by atoms with Crippen molar-refractivity contribution in [3.05, 3.63) is 301 Å². The molecule has 20 heteroatoms. The Morgan fingerprint density at radius 1 is 0.276 bits per heavy atom. The third-order valence-electron chi connectivity index (χ3n) is 16.6. The molecule has 490 valence electrons. The Labute approximate surface area is 573 Å². The molecule has 0 saturated carbocycles. The lowest BCUT2D eigenvalue weighted by atomic mass is 9.74. The smallest absolute Gasteiger partial charge is 0.330 e. The summed E-state index contributed by atoms with van der Waals surface area (Å²) in [5.74, 6) is 6.97. The Kier molecular flexibility index (Phi) is 18.5. The standard InChI is InChI=1S/C78H68N6O10P4/c1-77(2)65-18-10-22-69(95(87-57-14-6-4-7-15-57)89-59-38-26-51(79)27-39-59)73(65)85-74-66(77)19-11-23-70(74)96(88-58-16-8-5-9-17-58)94-64-48-36-56(37-49-64)84-50-78(3)67-20-12-24-71(97(90-60-40-28-52(80)29-41-60)91-61-42-30-53(81)31-43-61)75(67)86-76-68(78)21-13-25-72(76)98(92-62-44-32-54(82)33-45-62)93-63-46-34-55(83)35-47-63/h4-49,84H,50,79-83H2,1-3H3. The lowest BCUT2D eigenvalue weighted by Gasteiger charge is -2.40. The molecule has 98 heavy (non-hydrogen) atoms. The third kappa shape index (κ3) is 14.1. The Hall–Kier alpha value is -10.8. The van der Waals surface area contributed by atoms with Gasteiger partial charge in [-0.15, -0.1) is 0 Å². The average molecular weight is 1370 g/mol. The summed E-state index contributed by atoms with van der Waals surface area (Å²) in [4.78, 5) is 0. The van der Waals surface area contributed by atoms with Gasteiger partial charge in [0.2, 0.25) is 0 Å². The fraction of sp³-hybridized carbons (Fsp3) is 0.0769. The van der Waals surface area contributed by atoms with Crippen LogP contribution in [-0.2, 0) is 10.8 Å². The number of fused-ring (bicyclic) bond motifs is 4. The number of rotatable bonds is 23. The summed E-state index contributed by atoms with van der Waals surface area (Å²) in [6, 6.07) is 87.7. The minimum absolute atomic E-state index is 0.370. The van der Waals surface area contributed by atoms with Crippen molar-refractivity contribution in [1.29, 1.82) is 0 Å². The van der Waals surface area contributed by atoms with Gasteiger partial charge in [0.15, 0.2) is 0 Å². The molecule has 0 aromatic heterocycles. The van der Waals surface area contributed by atoms with Crippen LogP contribution in [-0.4, -0.2) is 6.54 Å². The van der Waals surface area contributed by atoms with E-state index in [2.05, 4.69) is 50.4 Å². The van der Waals surface area contributed by atoms with Crippen LogP contribution in [0.5, 0.6) is 69.0 Å². The van der Waals surface area contributed by atoms with Crippen LogP contribution in [0.1, 0.15) is 43.0 Å². The van der Waals surface area contributed by atoms with Crippen molar-refractivity contribution in [3.8, 4) is 69.0 Å². The van der Waals surface area contributed by atoms with Crippen LogP contribution in [0.3, 0.4) is 0 Å². The van der Waals surface area contributed by atoms with E-state index in [1.165, 1.54) is 0 Å². The first-order valence-electron chi connectivity index (χ1n) is 31.4. The Morgan fingerprint density at radius 2 is 0.510 bits per heavy atom. The van der Waals surface area contributed by atoms with Gasteiger partial charge in [-0.05, 0) is 201 Å². The number of nitrogens with one attached hydrogen (secondary N) is 1. The number of benzene rings is 12. The molecule has 0 aliphatic carbocycles. The number of nitrogens with two attached hydrogens (primary N) is 5. The number of para-hydroxylation sites is 6. The minimum Gasteiger partial charge on any atom is -0.455 e. The molecule has 16 nitrogen and oxygen atoms in total. The molecule has 12 aromatic rings. The summed E-state index contributed by atoms with van der Waals surface area (Å²) in [6.45, 7) is 6.96. The molecule has 11 N–H and O–H groups in total. The maximum Gasteiger partial charge on any atom is 0.330 e. The highest BCUT2D eigenvalue weighted by Crippen LogP contribution is 2.57. The summed E-state index contributed by atoms with van der Waals surface area (Å²) in [7, 11) is -7.71. The summed E-state index contributed by atoms with van der Waals surface area (Å²) >= 11 is 0. The van der Waals surface area contributed by atoms with Crippen molar-refractivity contribution in [1.82, 2.24) is 0 Å². The van der Waals surface area contributed by atoms with Gasteiger partial charge in [0.25, 0.3) is 0 Å². The van der Waals surface area contributed by atoms with Crippen LogP contribution in [0.4, 0.5) is 34.1 Å². The predicted molar refractivity (Wildman–Crippen MR) is 398 cm³/mol. The molecular weight excluding hydrogens is 1300 g/mol. The first kappa shape index (κ1) is 64.5. The Balaban J connectivity index is 0.814. The number of hydrogen-bond donors (Lipinski definition) is 6. The fourth-order valence-electron chi connectivity index (χ4n) is 11.4. The maximum atomic E-state index is 7.39. The highest BCUT2D eigenvalue weighted by molar-refractivity contribution is 7.58. The summed E-state index contributed by atoms with van der Waals surface area (Å²) in [6.07, 6.45) is 0. The monoisotopic (exact) mass is 1370 g/mol. The van der Waals surface area contributed by atoms with Crippen LogP contribution >= 0.6 is 33.5 Å². The highest BCUT2D eigenvalue weighted by atomic mass is 31.2. The molecule has 2 aliphatic rings. The van der Waals surface area contributed by atoms with Gasteiger partial charge in [-0.2, -0.15) is 0 Å². The fourth-order valence-corrected chi connectivity index (χ4v) is 17.0. The van der Waals surface area contributed by atoms with Crippen molar-refractivity contribution in [2.24, 2.45) is 0 Å². The van der Waals surface area contributed by atoms with Crippen molar-refractivity contribution < 1.29 is 45.7 Å². The molecule has 14 rings (SSSR count). The van der Waals surface area contributed by atoms with Crippen LogP contribution in [0.2, 0.25) is 0 Å². The van der Waals surface area contributed by atoms with Crippen molar-refractivity contribution in [3.63, 3.8) is 0 Å². The second kappa shape index (κ2) is 28.1. The molecule has 0 radical (unpaired) electrons. The van der Waals surface area contributed by atoms with E-state index in [1.54, 1.807) is 48.5 Å². The molecule has 0 saturated heterocycles. The second-order valence-corrected chi connectivity index (χ2v) is 29.3. The zero-order chi connectivity index (χ0) is 67.3. The lowest BCUT2D eigenvalue weighted by Crippen LogP contribution is -2.38. The van der Waals surface area contributed by atoms with Crippen LogP contribution in [0.15, 0.2) is 279 Å². The average Bonchev–Trinajstić information content (AvgIpc) is 0.732.